The Bertz CT molecular complexity index is 557. The van der Waals surface area contributed by atoms with E-state index in [2.05, 4.69) is 55.5 Å². The molecule has 1 aromatic carbocycles. The Balaban J connectivity index is 1.98. The summed E-state index contributed by atoms with van der Waals surface area (Å²) in [5.41, 5.74) is 1.22. The lowest BCUT2D eigenvalue weighted by molar-refractivity contribution is 0.308. The molecular weight excluding hydrogens is 402 g/mol. The summed E-state index contributed by atoms with van der Waals surface area (Å²) in [6, 6.07) is 8.18. The zero-order chi connectivity index (χ0) is 14.4. The minimum Gasteiger partial charge on any atom is -0.488 e. The molecule has 5 heteroatoms. The van der Waals surface area contributed by atoms with E-state index in [4.69, 9.17) is 4.74 Å². The number of nitrogens with one attached hydrogen (secondary N) is 1. The van der Waals surface area contributed by atoms with Crippen molar-refractivity contribution in [3.63, 3.8) is 0 Å². The molecule has 0 fully saturated rings. The van der Waals surface area contributed by atoms with E-state index in [0.717, 1.165) is 34.2 Å². The van der Waals surface area contributed by atoms with Crippen LogP contribution in [0.1, 0.15) is 23.8 Å². The fourth-order valence-electron chi connectivity index (χ4n) is 1.75. The number of thiophene rings is 1. The number of benzene rings is 1. The van der Waals surface area contributed by atoms with Crippen molar-refractivity contribution in [2.24, 2.45) is 0 Å². The van der Waals surface area contributed by atoms with Gasteiger partial charge in [0.1, 0.15) is 12.4 Å². The second-order valence-corrected chi connectivity index (χ2v) is 7.12. The van der Waals surface area contributed by atoms with Crippen LogP contribution in [0.5, 0.6) is 5.75 Å². The monoisotopic (exact) mass is 417 g/mol. The molecule has 0 saturated heterocycles. The SMILES string of the molecule is CCCNCc1cc(OCc2sccc2Br)ccc1Br. The smallest absolute Gasteiger partial charge is 0.124 e. The molecular formula is C15H17Br2NOS. The third kappa shape index (κ3) is 4.58. The Hall–Kier alpha value is -0.360. The minimum atomic E-state index is 0.599. The maximum Gasteiger partial charge on any atom is 0.124 e. The van der Waals surface area contributed by atoms with Gasteiger partial charge in [-0.25, -0.2) is 0 Å². The Kier molecular flexibility index (Phi) is 6.55. The minimum absolute atomic E-state index is 0.599. The zero-order valence-electron chi connectivity index (χ0n) is 11.3. The van der Waals surface area contributed by atoms with Crippen LogP contribution in [0.3, 0.4) is 0 Å². The third-order valence-electron chi connectivity index (χ3n) is 2.82. The highest BCUT2D eigenvalue weighted by atomic mass is 79.9. The first-order valence-corrected chi connectivity index (χ1v) is 9.01. The Morgan fingerprint density at radius 1 is 1.20 bits per heavy atom. The summed E-state index contributed by atoms with van der Waals surface area (Å²) in [6.45, 7) is 4.65. The van der Waals surface area contributed by atoms with Crippen molar-refractivity contribution in [3.05, 3.63) is 49.0 Å². The van der Waals surface area contributed by atoms with Crippen molar-refractivity contribution in [2.75, 3.05) is 6.54 Å². The Morgan fingerprint density at radius 3 is 2.75 bits per heavy atom. The first-order valence-electron chi connectivity index (χ1n) is 6.54. The van der Waals surface area contributed by atoms with Crippen molar-refractivity contribution in [3.8, 4) is 5.75 Å². The molecule has 20 heavy (non-hydrogen) atoms. The van der Waals surface area contributed by atoms with E-state index in [1.54, 1.807) is 11.3 Å². The Labute approximate surface area is 140 Å². The molecule has 0 saturated carbocycles. The zero-order valence-corrected chi connectivity index (χ0v) is 15.3. The molecule has 1 N–H and O–H groups in total. The van der Waals surface area contributed by atoms with Gasteiger partial charge in [-0.1, -0.05) is 22.9 Å². The lowest BCUT2D eigenvalue weighted by Gasteiger charge is -2.10. The van der Waals surface area contributed by atoms with E-state index in [1.165, 1.54) is 10.4 Å². The van der Waals surface area contributed by atoms with Gasteiger partial charge in [0.25, 0.3) is 0 Å². The van der Waals surface area contributed by atoms with Crippen LogP contribution in [-0.4, -0.2) is 6.54 Å². The van der Waals surface area contributed by atoms with E-state index in [1.807, 2.05) is 18.2 Å². The summed E-state index contributed by atoms with van der Waals surface area (Å²) < 4.78 is 8.10. The molecule has 0 atom stereocenters. The van der Waals surface area contributed by atoms with Crippen molar-refractivity contribution < 1.29 is 4.74 Å². The van der Waals surface area contributed by atoms with E-state index in [-0.39, 0.29) is 0 Å². The fraction of sp³-hybridized carbons (Fsp3) is 0.333. The summed E-state index contributed by atoms with van der Waals surface area (Å²) in [5.74, 6) is 0.904. The molecule has 0 bridgehead atoms. The molecule has 2 nitrogen and oxygen atoms in total. The first kappa shape index (κ1) is 16.0. The van der Waals surface area contributed by atoms with Gasteiger partial charge in [0.2, 0.25) is 0 Å². The molecule has 1 heterocycles. The topological polar surface area (TPSA) is 21.3 Å². The van der Waals surface area contributed by atoms with Crippen molar-refractivity contribution in [1.29, 1.82) is 0 Å². The molecule has 2 aromatic rings. The van der Waals surface area contributed by atoms with E-state index >= 15 is 0 Å². The molecule has 0 unspecified atom stereocenters. The summed E-state index contributed by atoms with van der Waals surface area (Å²) >= 11 is 8.80. The highest BCUT2D eigenvalue weighted by Gasteiger charge is 2.05. The summed E-state index contributed by atoms with van der Waals surface area (Å²) in [7, 11) is 0. The number of hydrogen-bond donors (Lipinski definition) is 1. The normalized spacial score (nSPS) is 10.8. The van der Waals surface area contributed by atoms with Gasteiger partial charge in [-0.3, -0.25) is 0 Å². The fourth-order valence-corrected chi connectivity index (χ4v) is 3.52. The van der Waals surface area contributed by atoms with Crippen molar-refractivity contribution >= 4 is 43.2 Å². The molecule has 0 amide bonds. The number of ether oxygens (including phenoxy) is 1. The molecule has 0 radical (unpaired) electrons. The first-order chi connectivity index (χ1) is 9.70. The van der Waals surface area contributed by atoms with Gasteiger partial charge < -0.3 is 10.1 Å². The van der Waals surface area contributed by atoms with Crippen LogP contribution in [0.25, 0.3) is 0 Å². The van der Waals surface area contributed by atoms with Gasteiger partial charge in [0.05, 0.1) is 4.88 Å². The average Bonchev–Trinajstić information content (AvgIpc) is 2.85. The molecule has 0 aliphatic carbocycles. The standard InChI is InChI=1S/C15H17Br2NOS/c1-2-6-18-9-11-8-12(3-4-13(11)16)19-10-15-14(17)5-7-20-15/h3-5,7-8,18H,2,6,9-10H2,1H3. The third-order valence-corrected chi connectivity index (χ3v) is 5.49. The predicted octanol–water partition coefficient (Wildman–Crippen LogP) is 5.35. The van der Waals surface area contributed by atoms with Crippen molar-refractivity contribution in [1.82, 2.24) is 5.32 Å². The van der Waals surface area contributed by atoms with Gasteiger partial charge >= 0.3 is 0 Å². The van der Waals surface area contributed by atoms with Crippen LogP contribution < -0.4 is 10.1 Å². The summed E-state index contributed by atoms with van der Waals surface area (Å²) in [5, 5.41) is 5.47. The van der Waals surface area contributed by atoms with Crippen LogP contribution in [0.4, 0.5) is 0 Å². The molecule has 0 aliphatic rings. The molecule has 2 rings (SSSR count). The maximum atomic E-state index is 5.86. The van der Waals surface area contributed by atoms with Crippen LogP contribution in [-0.2, 0) is 13.2 Å². The average molecular weight is 419 g/mol. The molecule has 108 valence electrons. The van der Waals surface area contributed by atoms with Gasteiger partial charge in [0.15, 0.2) is 0 Å². The second-order valence-electron chi connectivity index (χ2n) is 4.41. The number of rotatable bonds is 7. The highest BCUT2D eigenvalue weighted by molar-refractivity contribution is 9.10. The maximum absolute atomic E-state index is 5.86. The number of halogens is 2. The van der Waals surface area contributed by atoms with Gasteiger partial charge in [-0.2, -0.15) is 0 Å². The van der Waals surface area contributed by atoms with E-state index in [0.29, 0.717) is 6.61 Å². The highest BCUT2D eigenvalue weighted by Crippen LogP contribution is 2.26. The van der Waals surface area contributed by atoms with Gasteiger partial charge in [-0.05, 0) is 64.1 Å². The van der Waals surface area contributed by atoms with Crippen molar-refractivity contribution in [2.45, 2.75) is 26.5 Å². The van der Waals surface area contributed by atoms with Gasteiger partial charge in [-0.15, -0.1) is 11.3 Å². The van der Waals surface area contributed by atoms with Crippen LogP contribution in [0.15, 0.2) is 38.6 Å². The molecule has 0 spiro atoms. The summed E-state index contributed by atoms with van der Waals surface area (Å²) in [4.78, 5) is 1.21. The molecule has 1 aromatic heterocycles. The van der Waals surface area contributed by atoms with Crippen LogP contribution in [0, 0.1) is 0 Å². The second kappa shape index (κ2) is 8.17. The van der Waals surface area contributed by atoms with Gasteiger partial charge in [0, 0.05) is 15.5 Å². The van der Waals surface area contributed by atoms with E-state index < -0.39 is 0 Å². The quantitative estimate of drug-likeness (QED) is 0.611. The summed E-state index contributed by atoms with van der Waals surface area (Å²) in [6.07, 6.45) is 1.14. The lowest BCUT2D eigenvalue weighted by atomic mass is 10.2. The Morgan fingerprint density at radius 2 is 2.05 bits per heavy atom. The van der Waals surface area contributed by atoms with Crippen LogP contribution in [0.2, 0.25) is 0 Å². The largest absolute Gasteiger partial charge is 0.488 e. The van der Waals surface area contributed by atoms with Crippen LogP contribution >= 0.6 is 43.2 Å². The van der Waals surface area contributed by atoms with E-state index in [9.17, 15) is 0 Å². The predicted molar refractivity (Wildman–Crippen MR) is 92.5 cm³/mol. The number of hydrogen-bond acceptors (Lipinski definition) is 3. The molecule has 0 aliphatic heterocycles. The lowest BCUT2D eigenvalue weighted by Crippen LogP contribution is -2.14.